The molecule has 1 aromatic rings. The molecular weight excluding hydrogens is 256 g/mol. The number of benzene rings is 1. The summed E-state index contributed by atoms with van der Waals surface area (Å²) in [4.78, 5) is 12.5. The van der Waals surface area contributed by atoms with Crippen LogP contribution >= 0.6 is 12.2 Å². The SMILES string of the molecule is CC1(C)CCC(NC(=O)c2ccc(C(N)=S)cc2)C1. The minimum absolute atomic E-state index is 0.0165. The van der Waals surface area contributed by atoms with Crippen molar-refractivity contribution >= 4 is 23.1 Å². The van der Waals surface area contributed by atoms with E-state index < -0.39 is 0 Å². The molecule has 1 aliphatic carbocycles. The van der Waals surface area contributed by atoms with Gasteiger partial charge >= 0.3 is 0 Å². The van der Waals surface area contributed by atoms with Crippen LogP contribution in [0.1, 0.15) is 49.0 Å². The molecule has 3 N–H and O–H groups in total. The largest absolute Gasteiger partial charge is 0.389 e. The zero-order valence-corrected chi connectivity index (χ0v) is 12.2. The third kappa shape index (κ3) is 3.53. The number of nitrogens with two attached hydrogens (primary N) is 1. The first-order chi connectivity index (χ1) is 8.87. The van der Waals surface area contributed by atoms with E-state index in [0.29, 0.717) is 16.0 Å². The van der Waals surface area contributed by atoms with E-state index in [0.717, 1.165) is 18.4 Å². The van der Waals surface area contributed by atoms with Gasteiger partial charge in [-0.3, -0.25) is 4.79 Å². The minimum atomic E-state index is -0.0165. The zero-order chi connectivity index (χ0) is 14.0. The van der Waals surface area contributed by atoms with Crippen molar-refractivity contribution in [3.05, 3.63) is 35.4 Å². The maximum Gasteiger partial charge on any atom is 0.251 e. The maximum absolute atomic E-state index is 12.1. The number of carbonyl (C=O) groups is 1. The Hall–Kier alpha value is -1.42. The average molecular weight is 276 g/mol. The van der Waals surface area contributed by atoms with Crippen LogP contribution in [0, 0.1) is 5.41 Å². The molecule has 2 rings (SSSR count). The molecule has 1 amide bonds. The highest BCUT2D eigenvalue weighted by Gasteiger charge is 2.31. The Bertz CT molecular complexity index is 493. The lowest BCUT2D eigenvalue weighted by molar-refractivity contribution is 0.0936. The summed E-state index contributed by atoms with van der Waals surface area (Å²) in [5.74, 6) is -0.0165. The molecule has 19 heavy (non-hydrogen) atoms. The van der Waals surface area contributed by atoms with Crippen molar-refractivity contribution in [3.63, 3.8) is 0 Å². The van der Waals surface area contributed by atoms with Gasteiger partial charge in [-0.1, -0.05) is 38.2 Å². The molecule has 0 spiro atoms. The van der Waals surface area contributed by atoms with Crippen molar-refractivity contribution in [2.75, 3.05) is 0 Å². The lowest BCUT2D eigenvalue weighted by Gasteiger charge is -2.17. The van der Waals surface area contributed by atoms with Crippen molar-refractivity contribution in [2.24, 2.45) is 11.1 Å². The van der Waals surface area contributed by atoms with Crippen molar-refractivity contribution in [1.29, 1.82) is 0 Å². The Kier molecular flexibility index (Phi) is 3.90. The molecule has 1 fully saturated rings. The second-order valence-electron chi connectivity index (χ2n) is 6.02. The summed E-state index contributed by atoms with van der Waals surface area (Å²) in [5.41, 5.74) is 7.32. The van der Waals surface area contributed by atoms with Crippen LogP contribution in [0.25, 0.3) is 0 Å². The predicted octanol–water partition coefficient (Wildman–Crippen LogP) is 2.63. The molecule has 4 heteroatoms. The number of amides is 1. The van der Waals surface area contributed by atoms with Gasteiger partial charge in [0.1, 0.15) is 4.99 Å². The van der Waals surface area contributed by atoms with Crippen LogP contribution in [0.2, 0.25) is 0 Å². The van der Waals surface area contributed by atoms with Crippen LogP contribution < -0.4 is 11.1 Å². The van der Waals surface area contributed by atoms with Crippen LogP contribution in [0.3, 0.4) is 0 Å². The van der Waals surface area contributed by atoms with Gasteiger partial charge in [0.05, 0.1) is 0 Å². The van der Waals surface area contributed by atoms with Gasteiger partial charge in [0.15, 0.2) is 0 Å². The topological polar surface area (TPSA) is 55.1 Å². The molecule has 1 aromatic carbocycles. The van der Waals surface area contributed by atoms with Crippen molar-refractivity contribution < 1.29 is 4.79 Å². The minimum Gasteiger partial charge on any atom is -0.389 e. The quantitative estimate of drug-likeness (QED) is 0.834. The second-order valence-corrected chi connectivity index (χ2v) is 6.46. The molecule has 3 nitrogen and oxygen atoms in total. The standard InChI is InChI=1S/C15H20N2OS/c1-15(2)8-7-12(9-15)17-14(18)11-5-3-10(4-6-11)13(16)19/h3-6,12H,7-9H2,1-2H3,(H2,16,19)(H,17,18). The Labute approximate surface area is 119 Å². The highest BCUT2D eigenvalue weighted by atomic mass is 32.1. The van der Waals surface area contributed by atoms with Crippen LogP contribution in [-0.2, 0) is 0 Å². The number of rotatable bonds is 3. The summed E-state index contributed by atoms with van der Waals surface area (Å²) < 4.78 is 0. The van der Waals surface area contributed by atoms with Gasteiger partial charge in [0.25, 0.3) is 5.91 Å². The third-order valence-corrected chi connectivity index (χ3v) is 3.97. The summed E-state index contributed by atoms with van der Waals surface area (Å²) in [5, 5.41) is 3.10. The lowest BCUT2D eigenvalue weighted by Crippen LogP contribution is -2.33. The normalized spacial score (nSPS) is 21.1. The van der Waals surface area contributed by atoms with Crippen molar-refractivity contribution in [2.45, 2.75) is 39.2 Å². The first-order valence-corrected chi connectivity index (χ1v) is 6.99. The highest BCUT2D eigenvalue weighted by molar-refractivity contribution is 7.80. The van der Waals surface area contributed by atoms with E-state index in [4.69, 9.17) is 18.0 Å². The molecule has 0 saturated heterocycles. The fourth-order valence-electron chi connectivity index (χ4n) is 2.61. The van der Waals surface area contributed by atoms with E-state index in [-0.39, 0.29) is 11.9 Å². The number of hydrogen-bond acceptors (Lipinski definition) is 2. The molecule has 1 unspecified atom stereocenters. The van der Waals surface area contributed by atoms with Gasteiger partial charge in [-0.25, -0.2) is 0 Å². The lowest BCUT2D eigenvalue weighted by atomic mass is 9.92. The number of hydrogen-bond donors (Lipinski definition) is 2. The van der Waals surface area contributed by atoms with Gasteiger partial charge < -0.3 is 11.1 Å². The van der Waals surface area contributed by atoms with Gasteiger partial charge in [0.2, 0.25) is 0 Å². The molecular formula is C15H20N2OS. The Morgan fingerprint density at radius 1 is 1.32 bits per heavy atom. The first-order valence-electron chi connectivity index (χ1n) is 6.58. The van der Waals surface area contributed by atoms with E-state index in [1.807, 2.05) is 0 Å². The fourth-order valence-corrected chi connectivity index (χ4v) is 2.75. The summed E-state index contributed by atoms with van der Waals surface area (Å²) in [7, 11) is 0. The molecule has 102 valence electrons. The number of thiocarbonyl (C=S) groups is 1. The molecule has 1 atom stereocenters. The summed E-state index contributed by atoms with van der Waals surface area (Å²) in [6.07, 6.45) is 3.27. The Balaban J connectivity index is 1.99. The second kappa shape index (κ2) is 5.29. The first kappa shape index (κ1) is 14.0. The zero-order valence-electron chi connectivity index (χ0n) is 11.4. The van der Waals surface area contributed by atoms with E-state index in [1.165, 1.54) is 6.42 Å². The molecule has 0 bridgehead atoms. The van der Waals surface area contributed by atoms with Gasteiger partial charge in [-0.15, -0.1) is 0 Å². The number of carbonyl (C=O) groups excluding carboxylic acids is 1. The number of nitrogens with one attached hydrogen (secondary N) is 1. The smallest absolute Gasteiger partial charge is 0.251 e. The van der Waals surface area contributed by atoms with E-state index in [1.54, 1.807) is 24.3 Å². The van der Waals surface area contributed by atoms with Crippen LogP contribution in [-0.4, -0.2) is 16.9 Å². The molecule has 1 aliphatic rings. The van der Waals surface area contributed by atoms with Gasteiger partial charge in [-0.2, -0.15) is 0 Å². The van der Waals surface area contributed by atoms with E-state index in [2.05, 4.69) is 19.2 Å². The highest BCUT2D eigenvalue weighted by Crippen LogP contribution is 2.36. The van der Waals surface area contributed by atoms with Crippen LogP contribution in [0.15, 0.2) is 24.3 Å². The third-order valence-electron chi connectivity index (χ3n) is 3.74. The van der Waals surface area contributed by atoms with Crippen molar-refractivity contribution in [1.82, 2.24) is 5.32 Å². The fraction of sp³-hybridized carbons (Fsp3) is 0.467. The molecule has 0 aliphatic heterocycles. The monoisotopic (exact) mass is 276 g/mol. The Morgan fingerprint density at radius 3 is 2.37 bits per heavy atom. The van der Waals surface area contributed by atoms with Gasteiger partial charge in [-0.05, 0) is 36.8 Å². The molecule has 0 radical (unpaired) electrons. The van der Waals surface area contributed by atoms with Gasteiger partial charge in [0, 0.05) is 17.2 Å². The predicted molar refractivity (Wildman–Crippen MR) is 81.2 cm³/mol. The molecule has 0 aromatic heterocycles. The van der Waals surface area contributed by atoms with Crippen LogP contribution in [0.5, 0.6) is 0 Å². The summed E-state index contributed by atoms with van der Waals surface area (Å²) in [6.45, 7) is 4.49. The average Bonchev–Trinajstić information content (AvgIpc) is 2.68. The molecule has 0 heterocycles. The van der Waals surface area contributed by atoms with E-state index >= 15 is 0 Å². The summed E-state index contributed by atoms with van der Waals surface area (Å²) >= 11 is 4.89. The van der Waals surface area contributed by atoms with E-state index in [9.17, 15) is 4.79 Å². The summed E-state index contributed by atoms with van der Waals surface area (Å²) in [6, 6.07) is 7.40. The van der Waals surface area contributed by atoms with Crippen LogP contribution in [0.4, 0.5) is 0 Å². The maximum atomic E-state index is 12.1. The van der Waals surface area contributed by atoms with Crippen molar-refractivity contribution in [3.8, 4) is 0 Å². The molecule has 1 saturated carbocycles. The Morgan fingerprint density at radius 2 is 1.89 bits per heavy atom.